The molecular formula is C14H32N2O. The highest BCUT2D eigenvalue weighted by atomic mass is 16.3. The zero-order valence-electron chi connectivity index (χ0n) is 12.4. The van der Waals surface area contributed by atoms with Crippen LogP contribution in [0.15, 0.2) is 0 Å². The number of nitrogens with one attached hydrogen (secondary N) is 1. The van der Waals surface area contributed by atoms with Crippen molar-refractivity contribution in [2.45, 2.75) is 59.5 Å². The molecule has 0 heterocycles. The molecule has 0 aromatic rings. The molecule has 0 aliphatic carbocycles. The molecule has 0 fully saturated rings. The summed E-state index contributed by atoms with van der Waals surface area (Å²) < 4.78 is 0. The van der Waals surface area contributed by atoms with Crippen molar-refractivity contribution in [1.82, 2.24) is 10.2 Å². The van der Waals surface area contributed by atoms with E-state index in [0.717, 1.165) is 25.6 Å². The second kappa shape index (κ2) is 9.86. The van der Waals surface area contributed by atoms with Crippen molar-refractivity contribution in [2.75, 3.05) is 26.2 Å². The Morgan fingerprint density at radius 1 is 1.06 bits per heavy atom. The highest BCUT2D eigenvalue weighted by molar-refractivity contribution is 4.74. The van der Waals surface area contributed by atoms with Crippen LogP contribution in [0.1, 0.15) is 47.5 Å². The van der Waals surface area contributed by atoms with Gasteiger partial charge in [-0.1, -0.05) is 47.5 Å². The number of hydrogen-bond acceptors (Lipinski definition) is 3. The highest BCUT2D eigenvalue weighted by Gasteiger charge is 2.15. The molecule has 0 saturated heterocycles. The van der Waals surface area contributed by atoms with E-state index in [4.69, 9.17) is 0 Å². The molecule has 0 aromatic heterocycles. The lowest BCUT2D eigenvalue weighted by Gasteiger charge is -2.30. The summed E-state index contributed by atoms with van der Waals surface area (Å²) in [5, 5.41) is 12.8. The Labute approximate surface area is 108 Å². The molecule has 0 aliphatic rings. The van der Waals surface area contributed by atoms with Crippen LogP contribution in [0.2, 0.25) is 0 Å². The van der Waals surface area contributed by atoms with Crippen LogP contribution in [0.4, 0.5) is 0 Å². The predicted octanol–water partition coefficient (Wildman–Crippen LogP) is 2.10. The van der Waals surface area contributed by atoms with Crippen LogP contribution in [-0.4, -0.2) is 48.3 Å². The lowest BCUT2D eigenvalue weighted by Crippen LogP contribution is -2.47. The first-order valence-corrected chi connectivity index (χ1v) is 7.16. The van der Waals surface area contributed by atoms with Crippen LogP contribution >= 0.6 is 0 Å². The van der Waals surface area contributed by atoms with Gasteiger partial charge in [-0.25, -0.2) is 0 Å². The average Bonchev–Trinajstić information content (AvgIpc) is 2.32. The summed E-state index contributed by atoms with van der Waals surface area (Å²) in [6.45, 7) is 14.4. The van der Waals surface area contributed by atoms with Crippen LogP contribution in [0, 0.1) is 5.92 Å². The molecule has 1 atom stereocenters. The van der Waals surface area contributed by atoms with Gasteiger partial charge in [0.05, 0.1) is 6.61 Å². The van der Waals surface area contributed by atoms with Gasteiger partial charge in [0.15, 0.2) is 0 Å². The predicted molar refractivity (Wildman–Crippen MR) is 75.3 cm³/mol. The average molecular weight is 244 g/mol. The first-order valence-electron chi connectivity index (χ1n) is 7.16. The molecule has 3 heteroatoms. The molecule has 104 valence electrons. The minimum Gasteiger partial charge on any atom is -0.395 e. The van der Waals surface area contributed by atoms with Gasteiger partial charge in [-0.3, -0.25) is 0 Å². The maximum Gasteiger partial charge on any atom is 0.0597 e. The van der Waals surface area contributed by atoms with Crippen molar-refractivity contribution in [3.05, 3.63) is 0 Å². The molecular weight excluding hydrogens is 212 g/mol. The first-order chi connectivity index (χ1) is 8.07. The topological polar surface area (TPSA) is 35.5 Å². The monoisotopic (exact) mass is 244 g/mol. The number of aliphatic hydroxyl groups is 1. The van der Waals surface area contributed by atoms with Crippen LogP contribution in [0.25, 0.3) is 0 Å². The van der Waals surface area contributed by atoms with E-state index >= 15 is 0 Å². The molecule has 0 rings (SSSR count). The molecule has 17 heavy (non-hydrogen) atoms. The quantitative estimate of drug-likeness (QED) is 0.618. The van der Waals surface area contributed by atoms with Crippen molar-refractivity contribution >= 4 is 0 Å². The van der Waals surface area contributed by atoms with E-state index in [2.05, 4.69) is 44.8 Å². The van der Waals surface area contributed by atoms with Gasteiger partial charge in [0.25, 0.3) is 0 Å². The minimum atomic E-state index is 0.198. The lowest BCUT2D eigenvalue weighted by molar-refractivity contribution is 0.163. The second-order valence-electron chi connectivity index (χ2n) is 5.24. The Bertz CT molecular complexity index is 170. The van der Waals surface area contributed by atoms with Gasteiger partial charge in [0.2, 0.25) is 0 Å². The third-order valence-electron chi connectivity index (χ3n) is 3.39. The fraction of sp³-hybridized carbons (Fsp3) is 1.00. The van der Waals surface area contributed by atoms with Crippen molar-refractivity contribution in [3.63, 3.8) is 0 Å². The standard InChI is InChI=1S/C14H32N2O/c1-6-13(7-2)9-16(8-3)10-14(11-17)15-12(4)5/h12-15,17H,6-11H2,1-5H3. The largest absolute Gasteiger partial charge is 0.395 e. The van der Waals surface area contributed by atoms with Gasteiger partial charge in [0.1, 0.15) is 0 Å². The van der Waals surface area contributed by atoms with Crippen LogP contribution in [-0.2, 0) is 0 Å². The third-order valence-corrected chi connectivity index (χ3v) is 3.39. The van der Waals surface area contributed by atoms with Crippen molar-refractivity contribution in [1.29, 1.82) is 0 Å². The summed E-state index contributed by atoms with van der Waals surface area (Å²) >= 11 is 0. The summed E-state index contributed by atoms with van der Waals surface area (Å²) in [5.74, 6) is 0.786. The smallest absolute Gasteiger partial charge is 0.0597 e. The molecule has 0 radical (unpaired) electrons. The minimum absolute atomic E-state index is 0.198. The first kappa shape index (κ1) is 16.9. The Kier molecular flexibility index (Phi) is 9.79. The molecule has 0 saturated carbocycles. The van der Waals surface area contributed by atoms with Gasteiger partial charge in [0, 0.05) is 25.2 Å². The normalized spacial score (nSPS) is 13.9. The van der Waals surface area contributed by atoms with Crippen LogP contribution in [0.3, 0.4) is 0 Å². The molecule has 0 bridgehead atoms. The maximum absolute atomic E-state index is 9.38. The molecule has 0 spiro atoms. The SMILES string of the molecule is CCC(CC)CN(CC)CC(CO)NC(C)C. The summed E-state index contributed by atoms with van der Waals surface area (Å²) in [6, 6.07) is 0.628. The number of hydrogen-bond donors (Lipinski definition) is 2. The van der Waals surface area contributed by atoms with Gasteiger partial charge in [-0.2, -0.15) is 0 Å². The molecule has 0 aliphatic heterocycles. The Morgan fingerprint density at radius 2 is 1.65 bits per heavy atom. The zero-order chi connectivity index (χ0) is 13.3. The fourth-order valence-corrected chi connectivity index (χ4v) is 2.19. The highest BCUT2D eigenvalue weighted by Crippen LogP contribution is 2.10. The van der Waals surface area contributed by atoms with E-state index in [9.17, 15) is 5.11 Å². The van der Waals surface area contributed by atoms with E-state index in [0.29, 0.717) is 6.04 Å². The summed E-state index contributed by atoms with van der Waals surface area (Å²) in [4.78, 5) is 2.45. The molecule has 2 N–H and O–H groups in total. The number of rotatable bonds is 10. The summed E-state index contributed by atoms with van der Waals surface area (Å²) in [7, 11) is 0. The van der Waals surface area contributed by atoms with Gasteiger partial charge in [-0.15, -0.1) is 0 Å². The van der Waals surface area contributed by atoms with E-state index in [1.165, 1.54) is 12.8 Å². The van der Waals surface area contributed by atoms with E-state index in [1.807, 2.05) is 0 Å². The van der Waals surface area contributed by atoms with Crippen LogP contribution < -0.4 is 5.32 Å². The molecule has 0 amide bonds. The summed E-state index contributed by atoms with van der Waals surface area (Å²) in [6.07, 6.45) is 2.49. The van der Waals surface area contributed by atoms with Crippen LogP contribution in [0.5, 0.6) is 0 Å². The second-order valence-corrected chi connectivity index (χ2v) is 5.24. The molecule has 3 nitrogen and oxygen atoms in total. The lowest BCUT2D eigenvalue weighted by atomic mass is 10.0. The van der Waals surface area contributed by atoms with Gasteiger partial charge < -0.3 is 15.3 Å². The van der Waals surface area contributed by atoms with Crippen molar-refractivity contribution in [3.8, 4) is 0 Å². The van der Waals surface area contributed by atoms with E-state index in [1.54, 1.807) is 0 Å². The summed E-state index contributed by atoms with van der Waals surface area (Å²) in [5.41, 5.74) is 0. The van der Waals surface area contributed by atoms with Crippen molar-refractivity contribution < 1.29 is 5.11 Å². The Balaban J connectivity index is 4.16. The van der Waals surface area contributed by atoms with Crippen molar-refractivity contribution in [2.24, 2.45) is 5.92 Å². The number of likely N-dealkylation sites (N-methyl/N-ethyl adjacent to an activating group) is 1. The Hall–Kier alpha value is -0.120. The molecule has 1 unspecified atom stereocenters. The molecule has 0 aromatic carbocycles. The number of aliphatic hydroxyl groups excluding tert-OH is 1. The zero-order valence-corrected chi connectivity index (χ0v) is 12.4. The van der Waals surface area contributed by atoms with E-state index < -0.39 is 0 Å². The third kappa shape index (κ3) is 7.74. The maximum atomic E-state index is 9.38. The fourth-order valence-electron chi connectivity index (χ4n) is 2.19. The van der Waals surface area contributed by atoms with Gasteiger partial charge >= 0.3 is 0 Å². The van der Waals surface area contributed by atoms with Gasteiger partial charge in [-0.05, 0) is 12.5 Å². The Morgan fingerprint density at radius 3 is 2.00 bits per heavy atom. The van der Waals surface area contributed by atoms with E-state index in [-0.39, 0.29) is 12.6 Å². The number of nitrogens with zero attached hydrogens (tertiary/aromatic N) is 1.